The highest BCUT2D eigenvalue weighted by Crippen LogP contribution is 2.32. The topological polar surface area (TPSA) is 53.0 Å². The van der Waals surface area contributed by atoms with Crippen LogP contribution in [0.5, 0.6) is 0 Å². The van der Waals surface area contributed by atoms with Crippen LogP contribution >= 0.6 is 0 Å². The minimum absolute atomic E-state index is 0.537. The maximum Gasteiger partial charge on any atom is 0.101 e. The van der Waals surface area contributed by atoms with E-state index < -0.39 is 0 Å². The van der Waals surface area contributed by atoms with Gasteiger partial charge in [0.2, 0.25) is 0 Å². The Labute approximate surface area is 109 Å². The average molecular weight is 243 g/mol. The molecule has 2 unspecified atom stereocenters. The van der Waals surface area contributed by atoms with E-state index in [2.05, 4.69) is 24.9 Å². The number of hydrogen-bond acceptors (Lipinski definition) is 3. The maximum absolute atomic E-state index is 9.22. The standard InChI is InChI=1S/C15H21N3/c1-11-5-3-4-6-14(11)18(2)15-8-7-13(17)9-12(15)10-16/h7-9,11,14H,3-6,17H2,1-2H3. The lowest BCUT2D eigenvalue weighted by molar-refractivity contribution is 0.321. The molecule has 0 heterocycles. The Kier molecular flexibility index (Phi) is 3.76. The van der Waals surface area contributed by atoms with Gasteiger partial charge >= 0.3 is 0 Å². The lowest BCUT2D eigenvalue weighted by Crippen LogP contribution is -2.39. The van der Waals surface area contributed by atoms with E-state index in [1.807, 2.05) is 12.1 Å². The Balaban J connectivity index is 2.28. The summed E-state index contributed by atoms with van der Waals surface area (Å²) < 4.78 is 0. The number of benzene rings is 1. The van der Waals surface area contributed by atoms with E-state index in [1.54, 1.807) is 6.07 Å². The molecule has 0 spiro atoms. The van der Waals surface area contributed by atoms with Gasteiger partial charge in [-0.15, -0.1) is 0 Å². The zero-order chi connectivity index (χ0) is 13.1. The fourth-order valence-electron chi connectivity index (χ4n) is 3.00. The highest BCUT2D eigenvalue weighted by atomic mass is 15.1. The summed E-state index contributed by atoms with van der Waals surface area (Å²) in [4.78, 5) is 2.27. The van der Waals surface area contributed by atoms with E-state index >= 15 is 0 Å². The highest BCUT2D eigenvalue weighted by molar-refractivity contribution is 5.64. The monoisotopic (exact) mass is 243 g/mol. The summed E-state index contributed by atoms with van der Waals surface area (Å²) >= 11 is 0. The van der Waals surface area contributed by atoms with Gasteiger partial charge in [-0.1, -0.05) is 19.8 Å². The summed E-state index contributed by atoms with van der Waals surface area (Å²) in [5.74, 6) is 0.688. The van der Waals surface area contributed by atoms with Gasteiger partial charge < -0.3 is 10.6 Å². The number of hydrogen-bond donors (Lipinski definition) is 1. The zero-order valence-corrected chi connectivity index (χ0v) is 11.2. The number of nitrogen functional groups attached to an aromatic ring is 1. The van der Waals surface area contributed by atoms with Gasteiger partial charge in [0.1, 0.15) is 6.07 Å². The molecule has 18 heavy (non-hydrogen) atoms. The molecule has 2 atom stereocenters. The Hall–Kier alpha value is -1.69. The molecule has 3 nitrogen and oxygen atoms in total. The molecule has 0 aliphatic heterocycles. The van der Waals surface area contributed by atoms with Gasteiger partial charge in [-0.25, -0.2) is 0 Å². The molecule has 96 valence electrons. The molecule has 1 aliphatic carbocycles. The van der Waals surface area contributed by atoms with Crippen LogP contribution in [0.2, 0.25) is 0 Å². The van der Waals surface area contributed by atoms with E-state index in [-0.39, 0.29) is 0 Å². The first-order chi connectivity index (χ1) is 8.63. The van der Waals surface area contributed by atoms with E-state index in [0.717, 1.165) is 5.69 Å². The van der Waals surface area contributed by atoms with Crippen molar-refractivity contribution in [1.29, 1.82) is 5.26 Å². The molecule has 0 saturated heterocycles. The van der Waals surface area contributed by atoms with Crippen LogP contribution in [0.4, 0.5) is 11.4 Å². The van der Waals surface area contributed by atoms with Crippen LogP contribution in [-0.2, 0) is 0 Å². The van der Waals surface area contributed by atoms with Crippen molar-refractivity contribution in [3.05, 3.63) is 23.8 Å². The predicted octanol–water partition coefficient (Wildman–Crippen LogP) is 3.16. The quantitative estimate of drug-likeness (QED) is 0.812. The van der Waals surface area contributed by atoms with Gasteiger partial charge in [-0.2, -0.15) is 5.26 Å². The number of nitrogens with two attached hydrogens (primary N) is 1. The van der Waals surface area contributed by atoms with Crippen molar-refractivity contribution in [2.24, 2.45) is 5.92 Å². The summed E-state index contributed by atoms with van der Waals surface area (Å²) in [6.07, 6.45) is 5.12. The van der Waals surface area contributed by atoms with Crippen LogP contribution in [0.15, 0.2) is 18.2 Å². The van der Waals surface area contributed by atoms with Crippen molar-refractivity contribution in [3.63, 3.8) is 0 Å². The molecule has 1 aliphatic rings. The first kappa shape index (κ1) is 12.8. The smallest absolute Gasteiger partial charge is 0.101 e. The largest absolute Gasteiger partial charge is 0.399 e. The minimum atomic E-state index is 0.537. The summed E-state index contributed by atoms with van der Waals surface area (Å²) in [5, 5.41) is 9.22. The highest BCUT2D eigenvalue weighted by Gasteiger charge is 2.26. The first-order valence-corrected chi connectivity index (χ1v) is 6.66. The van der Waals surface area contributed by atoms with E-state index in [4.69, 9.17) is 5.73 Å². The minimum Gasteiger partial charge on any atom is -0.399 e. The third-order valence-corrected chi connectivity index (χ3v) is 4.08. The maximum atomic E-state index is 9.22. The van der Waals surface area contributed by atoms with Crippen molar-refractivity contribution in [2.75, 3.05) is 17.7 Å². The van der Waals surface area contributed by atoms with Crippen LogP contribution in [0.1, 0.15) is 38.2 Å². The van der Waals surface area contributed by atoms with Crippen LogP contribution in [0.25, 0.3) is 0 Å². The molecule has 1 aromatic rings. The molecule has 1 saturated carbocycles. The Morgan fingerprint density at radius 2 is 2.06 bits per heavy atom. The van der Waals surface area contributed by atoms with Crippen molar-refractivity contribution < 1.29 is 0 Å². The fourth-order valence-corrected chi connectivity index (χ4v) is 3.00. The molecule has 1 aromatic carbocycles. The number of nitriles is 1. The molecule has 0 aromatic heterocycles. The predicted molar refractivity (Wildman–Crippen MR) is 75.4 cm³/mol. The Morgan fingerprint density at radius 3 is 2.72 bits per heavy atom. The molecule has 3 heteroatoms. The van der Waals surface area contributed by atoms with Crippen molar-refractivity contribution in [1.82, 2.24) is 0 Å². The van der Waals surface area contributed by atoms with Crippen molar-refractivity contribution >= 4 is 11.4 Å². The van der Waals surface area contributed by atoms with Crippen molar-refractivity contribution in [2.45, 2.75) is 38.6 Å². The Morgan fingerprint density at radius 1 is 1.33 bits per heavy atom. The third-order valence-electron chi connectivity index (χ3n) is 4.08. The number of anilines is 2. The van der Waals surface area contributed by atoms with Crippen molar-refractivity contribution in [3.8, 4) is 6.07 Å². The summed E-state index contributed by atoms with van der Waals surface area (Å²) in [7, 11) is 2.10. The summed E-state index contributed by atoms with van der Waals surface area (Å²) in [5.41, 5.74) is 8.07. The second-order valence-corrected chi connectivity index (χ2v) is 5.33. The molecule has 0 bridgehead atoms. The van der Waals surface area contributed by atoms with Gasteiger partial charge in [0.05, 0.1) is 11.3 Å². The van der Waals surface area contributed by atoms with Crippen LogP contribution in [-0.4, -0.2) is 13.1 Å². The van der Waals surface area contributed by atoms with E-state index in [1.165, 1.54) is 25.7 Å². The van der Waals surface area contributed by atoms with Crippen LogP contribution < -0.4 is 10.6 Å². The lowest BCUT2D eigenvalue weighted by Gasteiger charge is -2.38. The summed E-state index contributed by atoms with van der Waals surface area (Å²) in [6, 6.07) is 8.39. The summed E-state index contributed by atoms with van der Waals surface area (Å²) in [6.45, 7) is 2.31. The van der Waals surface area contributed by atoms with Crippen LogP contribution in [0.3, 0.4) is 0 Å². The number of rotatable bonds is 2. The molecule has 1 fully saturated rings. The molecule has 2 rings (SSSR count). The Bertz CT molecular complexity index is 461. The molecule has 2 N–H and O–H groups in total. The molecule has 0 amide bonds. The van der Waals surface area contributed by atoms with E-state index in [9.17, 15) is 5.26 Å². The average Bonchev–Trinajstić information content (AvgIpc) is 2.38. The first-order valence-electron chi connectivity index (χ1n) is 6.66. The molecular weight excluding hydrogens is 222 g/mol. The van der Waals surface area contributed by atoms with Gasteiger partial charge in [0.15, 0.2) is 0 Å². The second kappa shape index (κ2) is 5.30. The van der Waals surface area contributed by atoms with Crippen LogP contribution in [0, 0.1) is 17.2 Å². The number of nitrogens with zero attached hydrogens (tertiary/aromatic N) is 2. The lowest BCUT2D eigenvalue weighted by atomic mass is 9.84. The zero-order valence-electron chi connectivity index (χ0n) is 11.2. The second-order valence-electron chi connectivity index (χ2n) is 5.33. The van der Waals surface area contributed by atoms with Gasteiger partial charge in [-0.05, 0) is 37.0 Å². The third kappa shape index (κ3) is 2.43. The van der Waals surface area contributed by atoms with Gasteiger partial charge in [0.25, 0.3) is 0 Å². The van der Waals surface area contributed by atoms with Gasteiger partial charge in [-0.3, -0.25) is 0 Å². The normalized spacial score (nSPS) is 23.4. The van der Waals surface area contributed by atoms with Gasteiger partial charge in [0, 0.05) is 18.8 Å². The fraction of sp³-hybridized carbons (Fsp3) is 0.533. The van der Waals surface area contributed by atoms with E-state index in [0.29, 0.717) is 23.2 Å². The molecule has 0 radical (unpaired) electrons. The molecular formula is C15H21N3. The SMILES string of the molecule is CC1CCCCC1N(C)c1ccc(N)cc1C#N.